The first-order chi connectivity index (χ1) is 9.65. The molecule has 0 heterocycles. The Balaban J connectivity index is 4.20. The third kappa shape index (κ3) is 7.65. The Morgan fingerprint density at radius 2 is 1.38 bits per heavy atom. The molecule has 2 nitrogen and oxygen atoms in total. The van der Waals surface area contributed by atoms with E-state index in [1.54, 1.807) is 0 Å². The molecule has 0 radical (unpaired) electrons. The molecule has 0 aromatic carbocycles. The van der Waals surface area contributed by atoms with E-state index >= 15 is 0 Å². The second-order valence-electron chi connectivity index (χ2n) is 8.00. The lowest BCUT2D eigenvalue weighted by molar-refractivity contribution is -0.123. The number of hydrogen-bond acceptors (Lipinski definition) is 2. The molecule has 0 aliphatic carbocycles. The van der Waals surface area contributed by atoms with Gasteiger partial charge in [0.1, 0.15) is 0 Å². The van der Waals surface area contributed by atoms with Gasteiger partial charge in [-0.1, -0.05) is 73.1 Å². The first kappa shape index (κ1) is 20.9. The summed E-state index contributed by atoms with van der Waals surface area (Å²) in [4.78, 5) is 0. The highest BCUT2D eigenvalue weighted by Gasteiger charge is 2.43. The molecular formula is C19H40O2. The molecule has 2 N–H and O–H groups in total. The van der Waals surface area contributed by atoms with Crippen molar-refractivity contribution < 1.29 is 10.2 Å². The fourth-order valence-electron chi connectivity index (χ4n) is 2.73. The average Bonchev–Trinajstić information content (AvgIpc) is 2.40. The Morgan fingerprint density at radius 3 is 1.90 bits per heavy atom. The summed E-state index contributed by atoms with van der Waals surface area (Å²) in [6, 6.07) is 0. The average molecular weight is 301 g/mol. The van der Waals surface area contributed by atoms with Gasteiger partial charge in [-0.15, -0.1) is 0 Å². The van der Waals surface area contributed by atoms with Crippen LogP contribution in [0.3, 0.4) is 0 Å². The van der Waals surface area contributed by atoms with Crippen molar-refractivity contribution in [3.63, 3.8) is 0 Å². The monoisotopic (exact) mass is 300 g/mol. The number of unbranched alkanes of at least 4 members (excludes halogenated alkanes) is 5. The highest BCUT2D eigenvalue weighted by Crippen LogP contribution is 2.40. The van der Waals surface area contributed by atoms with E-state index in [0.29, 0.717) is 5.92 Å². The highest BCUT2D eigenvalue weighted by atomic mass is 16.3. The van der Waals surface area contributed by atoms with Crippen LogP contribution in [0.5, 0.6) is 0 Å². The Hall–Kier alpha value is -0.0800. The summed E-state index contributed by atoms with van der Waals surface area (Å²) in [5, 5.41) is 21.3. The molecule has 0 aromatic heterocycles. The molecule has 0 spiro atoms. The van der Waals surface area contributed by atoms with E-state index in [4.69, 9.17) is 0 Å². The molecule has 0 aromatic rings. The Morgan fingerprint density at radius 1 is 0.857 bits per heavy atom. The van der Waals surface area contributed by atoms with Gasteiger partial charge in [0.05, 0.1) is 11.7 Å². The van der Waals surface area contributed by atoms with Gasteiger partial charge in [0, 0.05) is 5.41 Å². The molecule has 0 aliphatic heterocycles. The third-order valence-electron chi connectivity index (χ3n) is 5.26. The predicted octanol–water partition coefficient (Wildman–Crippen LogP) is 5.31. The molecule has 0 saturated carbocycles. The van der Waals surface area contributed by atoms with Crippen LogP contribution in [0.15, 0.2) is 0 Å². The highest BCUT2D eigenvalue weighted by molar-refractivity contribution is 4.94. The van der Waals surface area contributed by atoms with Crippen molar-refractivity contribution in [3.05, 3.63) is 0 Å². The fourth-order valence-corrected chi connectivity index (χ4v) is 2.73. The molecule has 0 rings (SSSR count). The zero-order valence-electron chi connectivity index (χ0n) is 15.4. The van der Waals surface area contributed by atoms with Crippen molar-refractivity contribution in [1.82, 2.24) is 0 Å². The summed E-state index contributed by atoms with van der Waals surface area (Å²) in [7, 11) is 0. The van der Waals surface area contributed by atoms with E-state index in [1.165, 1.54) is 32.1 Å². The minimum atomic E-state index is -0.807. The Kier molecular flexibility index (Phi) is 9.80. The maximum atomic E-state index is 10.8. The SMILES string of the molecule is CCCCCCCCC(O)C(C)(C)C(C)(O)CCC(C)C. The molecule has 0 aliphatic rings. The smallest absolute Gasteiger partial charge is 0.0695 e. The maximum absolute atomic E-state index is 10.8. The van der Waals surface area contributed by atoms with Gasteiger partial charge in [0.15, 0.2) is 0 Å². The quantitative estimate of drug-likeness (QED) is 0.479. The van der Waals surface area contributed by atoms with E-state index in [-0.39, 0.29) is 0 Å². The van der Waals surface area contributed by atoms with Gasteiger partial charge >= 0.3 is 0 Å². The van der Waals surface area contributed by atoms with Crippen molar-refractivity contribution in [2.45, 2.75) is 111 Å². The van der Waals surface area contributed by atoms with Crippen molar-refractivity contribution in [2.75, 3.05) is 0 Å². The summed E-state index contributed by atoms with van der Waals surface area (Å²) in [5.74, 6) is 0.586. The lowest BCUT2D eigenvalue weighted by atomic mass is 9.68. The van der Waals surface area contributed by atoms with Crippen LogP contribution >= 0.6 is 0 Å². The molecule has 0 fully saturated rings. The van der Waals surface area contributed by atoms with Crippen molar-refractivity contribution >= 4 is 0 Å². The minimum absolute atomic E-state index is 0.425. The van der Waals surface area contributed by atoms with Crippen molar-refractivity contribution in [2.24, 2.45) is 11.3 Å². The summed E-state index contributed by atoms with van der Waals surface area (Å²) < 4.78 is 0. The minimum Gasteiger partial charge on any atom is -0.392 e. The zero-order chi connectivity index (χ0) is 16.5. The van der Waals surface area contributed by atoms with Crippen LogP contribution < -0.4 is 0 Å². The van der Waals surface area contributed by atoms with Crippen LogP contribution in [0.2, 0.25) is 0 Å². The van der Waals surface area contributed by atoms with Crippen LogP contribution in [0, 0.1) is 11.3 Å². The normalized spacial score (nSPS) is 17.0. The molecule has 2 unspecified atom stereocenters. The maximum Gasteiger partial charge on any atom is 0.0695 e. The van der Waals surface area contributed by atoms with Gasteiger partial charge in [0.25, 0.3) is 0 Å². The molecule has 2 atom stereocenters. The van der Waals surface area contributed by atoms with Crippen LogP contribution in [0.4, 0.5) is 0 Å². The van der Waals surface area contributed by atoms with E-state index in [9.17, 15) is 10.2 Å². The van der Waals surface area contributed by atoms with Crippen LogP contribution in [0.1, 0.15) is 99.3 Å². The van der Waals surface area contributed by atoms with Crippen LogP contribution in [-0.2, 0) is 0 Å². The summed E-state index contributed by atoms with van der Waals surface area (Å²) >= 11 is 0. The van der Waals surface area contributed by atoms with E-state index < -0.39 is 17.1 Å². The van der Waals surface area contributed by atoms with Gasteiger partial charge in [-0.25, -0.2) is 0 Å². The van der Waals surface area contributed by atoms with Crippen molar-refractivity contribution in [3.8, 4) is 0 Å². The fraction of sp³-hybridized carbons (Fsp3) is 1.00. The Bertz CT molecular complexity index is 256. The summed E-state index contributed by atoms with van der Waals surface area (Å²) in [6.45, 7) is 12.5. The van der Waals surface area contributed by atoms with E-state index in [0.717, 1.165) is 25.7 Å². The number of aliphatic hydroxyl groups excluding tert-OH is 1. The second-order valence-corrected chi connectivity index (χ2v) is 8.00. The van der Waals surface area contributed by atoms with Crippen LogP contribution in [0.25, 0.3) is 0 Å². The molecule has 2 heteroatoms. The largest absolute Gasteiger partial charge is 0.392 e. The standard InChI is InChI=1S/C19H40O2/c1-7-8-9-10-11-12-13-17(20)18(4,5)19(6,21)15-14-16(2)3/h16-17,20-21H,7-15H2,1-6H3. The zero-order valence-corrected chi connectivity index (χ0v) is 15.4. The molecule has 21 heavy (non-hydrogen) atoms. The van der Waals surface area contributed by atoms with Gasteiger partial charge in [-0.2, -0.15) is 0 Å². The van der Waals surface area contributed by atoms with E-state index in [1.807, 2.05) is 20.8 Å². The van der Waals surface area contributed by atoms with Gasteiger partial charge < -0.3 is 10.2 Å². The number of rotatable bonds is 12. The second kappa shape index (κ2) is 9.84. The van der Waals surface area contributed by atoms with Crippen LogP contribution in [-0.4, -0.2) is 21.9 Å². The van der Waals surface area contributed by atoms with Gasteiger partial charge in [-0.05, 0) is 32.1 Å². The topological polar surface area (TPSA) is 40.5 Å². The molecule has 0 bridgehead atoms. The predicted molar refractivity (Wildman–Crippen MR) is 92.5 cm³/mol. The molecule has 128 valence electrons. The molecule has 0 amide bonds. The summed E-state index contributed by atoms with van der Waals surface area (Å²) in [5.41, 5.74) is -1.26. The first-order valence-corrected chi connectivity index (χ1v) is 9.05. The Labute approximate surface area is 133 Å². The van der Waals surface area contributed by atoms with Crippen molar-refractivity contribution in [1.29, 1.82) is 0 Å². The first-order valence-electron chi connectivity index (χ1n) is 9.05. The molecular weight excluding hydrogens is 260 g/mol. The number of hydrogen-bond donors (Lipinski definition) is 2. The lowest BCUT2D eigenvalue weighted by Gasteiger charge is -2.44. The van der Waals surface area contributed by atoms with E-state index in [2.05, 4.69) is 20.8 Å². The summed E-state index contributed by atoms with van der Waals surface area (Å²) in [6.07, 6.45) is 9.56. The van der Waals surface area contributed by atoms with Gasteiger partial charge in [-0.3, -0.25) is 0 Å². The van der Waals surface area contributed by atoms with Gasteiger partial charge in [0.2, 0.25) is 0 Å². The lowest BCUT2D eigenvalue weighted by Crippen LogP contribution is -2.49. The number of aliphatic hydroxyl groups is 2. The third-order valence-corrected chi connectivity index (χ3v) is 5.26. The molecule has 0 saturated heterocycles.